The van der Waals surface area contributed by atoms with Crippen LogP contribution in [0.25, 0.3) is 0 Å². The third-order valence-corrected chi connectivity index (χ3v) is 5.99. The summed E-state index contributed by atoms with van der Waals surface area (Å²) in [5, 5.41) is 15.5. The Bertz CT molecular complexity index is 1050. The molecule has 32 heavy (non-hydrogen) atoms. The highest BCUT2D eigenvalue weighted by atomic mass is 32.1. The van der Waals surface area contributed by atoms with Crippen LogP contribution in [0.15, 0.2) is 96.4 Å². The summed E-state index contributed by atoms with van der Waals surface area (Å²) in [6, 6.07) is 29.4. The van der Waals surface area contributed by atoms with E-state index >= 15 is 0 Å². The number of carbonyl (C=O) groups is 1. The lowest BCUT2D eigenvalue weighted by Gasteiger charge is -2.36. The van der Waals surface area contributed by atoms with Gasteiger partial charge in [-0.25, -0.2) is 4.98 Å². The predicted octanol–water partition coefficient (Wildman–Crippen LogP) is 4.82. The highest BCUT2D eigenvalue weighted by Crippen LogP contribution is 2.40. The number of rotatable bonds is 9. The van der Waals surface area contributed by atoms with Gasteiger partial charge in [-0.15, -0.1) is 11.3 Å². The summed E-state index contributed by atoms with van der Waals surface area (Å²) in [6.45, 7) is 0. The average molecular weight is 446 g/mol. The second-order valence-electron chi connectivity index (χ2n) is 7.14. The number of aliphatic carboxylic acids is 1. The minimum Gasteiger partial charge on any atom is -0.480 e. The van der Waals surface area contributed by atoms with Crippen molar-refractivity contribution in [3.05, 3.63) is 119 Å². The van der Waals surface area contributed by atoms with Crippen LogP contribution in [0.4, 0.5) is 5.13 Å². The van der Waals surface area contributed by atoms with Gasteiger partial charge in [-0.05, 0) is 16.7 Å². The van der Waals surface area contributed by atoms with Gasteiger partial charge in [-0.2, -0.15) is 5.48 Å². The van der Waals surface area contributed by atoms with E-state index in [0.29, 0.717) is 10.8 Å². The Kier molecular flexibility index (Phi) is 6.61. The molecular weight excluding hydrogens is 422 g/mol. The minimum absolute atomic E-state index is 0.370. The number of nitrogens with one attached hydrogen (secondary N) is 2. The summed E-state index contributed by atoms with van der Waals surface area (Å²) in [5.41, 5.74) is 5.25. The summed E-state index contributed by atoms with van der Waals surface area (Å²) in [7, 11) is 1.38. The Morgan fingerprint density at radius 3 is 1.78 bits per heavy atom. The first-order chi connectivity index (χ1) is 15.6. The number of nitrogens with zero attached hydrogens (tertiary/aromatic N) is 1. The molecule has 4 rings (SSSR count). The molecule has 7 heteroatoms. The first-order valence-electron chi connectivity index (χ1n) is 10.1. The Hall–Kier alpha value is -3.52. The second-order valence-corrected chi connectivity index (χ2v) is 8.00. The van der Waals surface area contributed by atoms with Crippen LogP contribution in [-0.2, 0) is 15.2 Å². The van der Waals surface area contributed by atoms with E-state index in [-0.39, 0.29) is 0 Å². The van der Waals surface area contributed by atoms with Crippen LogP contribution in [0.5, 0.6) is 0 Å². The zero-order chi connectivity index (χ0) is 22.4. The van der Waals surface area contributed by atoms with Gasteiger partial charge in [-0.3, -0.25) is 4.79 Å². The summed E-state index contributed by atoms with van der Waals surface area (Å²) >= 11 is 1.35. The van der Waals surface area contributed by atoms with Crippen molar-refractivity contribution in [2.24, 2.45) is 0 Å². The lowest BCUT2D eigenvalue weighted by atomic mass is 9.77. The zero-order valence-corrected chi connectivity index (χ0v) is 18.3. The smallest absolute Gasteiger partial charge is 0.329 e. The van der Waals surface area contributed by atoms with Crippen LogP contribution in [0, 0.1) is 0 Å². The lowest BCUT2D eigenvalue weighted by molar-refractivity contribution is -0.143. The van der Waals surface area contributed by atoms with Crippen molar-refractivity contribution >= 4 is 22.4 Å². The largest absolute Gasteiger partial charge is 0.480 e. The fourth-order valence-electron chi connectivity index (χ4n) is 3.77. The molecule has 0 radical (unpaired) electrons. The summed E-state index contributed by atoms with van der Waals surface area (Å²) in [5.74, 6) is -1.07. The van der Waals surface area contributed by atoms with Crippen LogP contribution in [-0.4, -0.2) is 23.2 Å². The molecular formula is C25H23N3O3S. The predicted molar refractivity (Wildman–Crippen MR) is 125 cm³/mol. The zero-order valence-electron chi connectivity index (χ0n) is 17.4. The Morgan fingerprint density at radius 1 is 0.906 bits per heavy atom. The third kappa shape index (κ3) is 4.27. The van der Waals surface area contributed by atoms with E-state index in [9.17, 15) is 9.90 Å². The second kappa shape index (κ2) is 9.74. The average Bonchev–Trinajstić information content (AvgIpc) is 3.30. The van der Waals surface area contributed by atoms with Crippen molar-refractivity contribution in [1.29, 1.82) is 0 Å². The normalized spacial score (nSPS) is 12.3. The maximum absolute atomic E-state index is 11.7. The van der Waals surface area contributed by atoms with Crippen molar-refractivity contribution in [2.45, 2.75) is 11.6 Å². The number of hydrogen-bond donors (Lipinski definition) is 3. The SMILES string of the molecule is CONC(C(=O)O)c1csc(NC(c2ccccc2)(c2ccccc2)c2ccccc2)n1. The van der Waals surface area contributed by atoms with Crippen LogP contribution in [0.3, 0.4) is 0 Å². The number of benzene rings is 3. The molecule has 4 aromatic rings. The van der Waals surface area contributed by atoms with Crippen LogP contribution < -0.4 is 10.8 Å². The summed E-state index contributed by atoms with van der Waals surface area (Å²) < 4.78 is 0. The third-order valence-electron chi connectivity index (χ3n) is 5.22. The van der Waals surface area contributed by atoms with E-state index in [2.05, 4.69) is 52.2 Å². The number of aromatic nitrogens is 1. The van der Waals surface area contributed by atoms with Crippen LogP contribution in [0.2, 0.25) is 0 Å². The van der Waals surface area contributed by atoms with E-state index in [0.717, 1.165) is 16.7 Å². The van der Waals surface area contributed by atoms with Gasteiger partial charge in [0.2, 0.25) is 0 Å². The molecule has 3 aromatic carbocycles. The van der Waals surface area contributed by atoms with Crippen molar-refractivity contribution < 1.29 is 14.7 Å². The molecule has 6 nitrogen and oxygen atoms in total. The van der Waals surface area contributed by atoms with Crippen molar-refractivity contribution in [3.63, 3.8) is 0 Å². The number of hydrogen-bond acceptors (Lipinski definition) is 6. The van der Waals surface area contributed by atoms with E-state index in [1.54, 1.807) is 5.38 Å². The van der Waals surface area contributed by atoms with Gasteiger partial charge >= 0.3 is 5.97 Å². The fourth-order valence-corrected chi connectivity index (χ4v) is 4.56. The Balaban J connectivity index is 1.87. The lowest BCUT2D eigenvalue weighted by Crippen LogP contribution is -2.38. The fraction of sp³-hybridized carbons (Fsp3) is 0.120. The molecule has 0 saturated heterocycles. The van der Waals surface area contributed by atoms with Gasteiger partial charge in [0, 0.05) is 5.38 Å². The number of thiazole rings is 1. The van der Waals surface area contributed by atoms with Gasteiger partial charge in [0.1, 0.15) is 5.54 Å². The molecule has 1 aromatic heterocycles. The summed E-state index contributed by atoms with van der Waals surface area (Å²) in [4.78, 5) is 21.1. The van der Waals surface area contributed by atoms with Gasteiger partial charge < -0.3 is 15.3 Å². The molecule has 0 aliphatic carbocycles. The van der Waals surface area contributed by atoms with E-state index < -0.39 is 17.6 Å². The van der Waals surface area contributed by atoms with Crippen molar-refractivity contribution in [3.8, 4) is 0 Å². The van der Waals surface area contributed by atoms with E-state index in [1.165, 1.54) is 18.4 Å². The topological polar surface area (TPSA) is 83.5 Å². The van der Waals surface area contributed by atoms with Gasteiger partial charge in [0.25, 0.3) is 0 Å². The first-order valence-corrected chi connectivity index (χ1v) is 10.9. The molecule has 1 unspecified atom stereocenters. The molecule has 3 N–H and O–H groups in total. The monoisotopic (exact) mass is 445 g/mol. The van der Waals surface area contributed by atoms with E-state index in [1.807, 2.05) is 54.6 Å². The van der Waals surface area contributed by atoms with Gasteiger partial charge in [0.05, 0.1) is 12.8 Å². The molecule has 1 atom stereocenters. The van der Waals surface area contributed by atoms with E-state index in [4.69, 9.17) is 4.84 Å². The highest BCUT2D eigenvalue weighted by Gasteiger charge is 2.37. The molecule has 0 amide bonds. The van der Waals surface area contributed by atoms with Crippen molar-refractivity contribution in [2.75, 3.05) is 12.4 Å². The first kappa shape index (κ1) is 21.7. The van der Waals surface area contributed by atoms with Crippen molar-refractivity contribution in [1.82, 2.24) is 10.5 Å². The number of carboxylic acid groups (broad SMARTS) is 1. The molecule has 0 spiro atoms. The number of anilines is 1. The Morgan fingerprint density at radius 2 is 1.38 bits per heavy atom. The minimum atomic E-state index is -1.07. The standard InChI is InChI=1S/C25H23N3O3S/c1-31-28-22(23(29)30)21-17-32-24(26-21)27-25(18-11-5-2-6-12-18,19-13-7-3-8-14-19)20-15-9-4-10-16-20/h2-17,22,28H,1H3,(H,26,27)(H,29,30). The molecule has 0 aliphatic heterocycles. The van der Waals surface area contributed by atoms with Crippen LogP contribution >= 0.6 is 11.3 Å². The molecule has 0 bridgehead atoms. The summed E-state index contributed by atoms with van der Waals surface area (Å²) in [6.07, 6.45) is 0. The number of carboxylic acids is 1. The number of hydroxylamine groups is 1. The maximum atomic E-state index is 11.7. The molecule has 0 saturated carbocycles. The molecule has 1 heterocycles. The molecule has 0 aliphatic rings. The molecule has 162 valence electrons. The Labute approximate surface area is 190 Å². The van der Waals surface area contributed by atoms with Crippen LogP contribution in [0.1, 0.15) is 28.4 Å². The quantitative estimate of drug-likeness (QED) is 0.253. The van der Waals surface area contributed by atoms with Gasteiger partial charge in [0.15, 0.2) is 11.2 Å². The van der Waals surface area contributed by atoms with Gasteiger partial charge in [-0.1, -0.05) is 91.0 Å². The molecule has 0 fully saturated rings. The highest BCUT2D eigenvalue weighted by molar-refractivity contribution is 7.13. The maximum Gasteiger partial charge on any atom is 0.329 e.